The second-order valence-electron chi connectivity index (χ2n) is 4.41. The molecule has 0 saturated heterocycles. The van der Waals surface area contributed by atoms with E-state index in [0.29, 0.717) is 18.2 Å². The fourth-order valence-corrected chi connectivity index (χ4v) is 1.68. The molecule has 16 heavy (non-hydrogen) atoms. The van der Waals surface area contributed by atoms with Crippen LogP contribution >= 0.6 is 0 Å². The molecule has 0 aromatic carbocycles. The van der Waals surface area contributed by atoms with Crippen molar-refractivity contribution in [3.8, 4) is 5.75 Å². The molecule has 0 fully saturated rings. The van der Waals surface area contributed by atoms with Gasteiger partial charge in [0.2, 0.25) is 0 Å². The van der Waals surface area contributed by atoms with Crippen molar-refractivity contribution in [2.75, 3.05) is 0 Å². The van der Waals surface area contributed by atoms with Crippen LogP contribution < -0.4 is 5.56 Å². The van der Waals surface area contributed by atoms with Gasteiger partial charge >= 0.3 is 0 Å². The minimum absolute atomic E-state index is 0.119. The molecule has 0 aliphatic rings. The summed E-state index contributed by atoms with van der Waals surface area (Å²) in [6.07, 6.45) is 0. The smallest absolute Gasteiger partial charge is 0.265 e. The van der Waals surface area contributed by atoms with Crippen LogP contribution in [0.25, 0.3) is 0 Å². The van der Waals surface area contributed by atoms with Gasteiger partial charge in [-0.3, -0.25) is 9.59 Å². The number of nitrogens with zero attached hydrogens (tertiary/aromatic N) is 1. The zero-order valence-electron chi connectivity index (χ0n) is 10.1. The molecule has 1 aromatic rings. The van der Waals surface area contributed by atoms with Crippen molar-refractivity contribution < 1.29 is 9.90 Å². The lowest BCUT2D eigenvalue weighted by molar-refractivity contribution is 0.101. The van der Waals surface area contributed by atoms with Crippen LogP contribution in [0.5, 0.6) is 5.75 Å². The summed E-state index contributed by atoms with van der Waals surface area (Å²) in [4.78, 5) is 23.2. The number of carbonyl (C=O) groups is 1. The van der Waals surface area contributed by atoms with Crippen LogP contribution in [-0.4, -0.2) is 15.5 Å². The monoisotopic (exact) mass is 223 g/mol. The van der Waals surface area contributed by atoms with Gasteiger partial charge in [0, 0.05) is 18.3 Å². The second kappa shape index (κ2) is 4.51. The maximum atomic E-state index is 12.0. The summed E-state index contributed by atoms with van der Waals surface area (Å²) in [6.45, 7) is 7.56. The maximum Gasteiger partial charge on any atom is 0.265 e. The molecule has 0 atom stereocenters. The van der Waals surface area contributed by atoms with Gasteiger partial charge in [0.25, 0.3) is 5.56 Å². The van der Waals surface area contributed by atoms with E-state index >= 15 is 0 Å². The molecular formula is C12H17NO3. The Labute approximate surface area is 94.5 Å². The van der Waals surface area contributed by atoms with Crippen molar-refractivity contribution in [1.82, 2.24) is 4.57 Å². The first-order valence-electron chi connectivity index (χ1n) is 5.29. The highest BCUT2D eigenvalue weighted by Gasteiger charge is 2.16. The highest BCUT2D eigenvalue weighted by atomic mass is 16.3. The van der Waals surface area contributed by atoms with Gasteiger partial charge in [-0.05, 0) is 19.8 Å². The quantitative estimate of drug-likeness (QED) is 0.794. The van der Waals surface area contributed by atoms with Gasteiger partial charge in [-0.1, -0.05) is 13.8 Å². The molecule has 1 rings (SSSR count). The first-order valence-corrected chi connectivity index (χ1v) is 5.29. The van der Waals surface area contributed by atoms with E-state index in [9.17, 15) is 14.7 Å². The Morgan fingerprint density at radius 2 is 2.06 bits per heavy atom. The topological polar surface area (TPSA) is 59.3 Å². The summed E-state index contributed by atoms with van der Waals surface area (Å²) in [5, 5.41) is 9.57. The number of Topliss-reactive ketones (excluding diaryl/α,β-unsaturated/α-hetero) is 1. The fraction of sp³-hybridized carbons (Fsp3) is 0.500. The lowest BCUT2D eigenvalue weighted by Crippen LogP contribution is -2.29. The molecule has 0 bridgehead atoms. The molecule has 0 aliphatic carbocycles. The first kappa shape index (κ1) is 12.5. The minimum Gasteiger partial charge on any atom is -0.507 e. The summed E-state index contributed by atoms with van der Waals surface area (Å²) >= 11 is 0. The SMILES string of the molecule is CC(=O)c1c(O)cc(C)n(CC(C)C)c1=O. The number of aromatic nitrogens is 1. The lowest BCUT2D eigenvalue weighted by Gasteiger charge is -2.14. The third-order valence-electron chi connectivity index (χ3n) is 2.39. The summed E-state index contributed by atoms with van der Waals surface area (Å²) in [5.74, 6) is -0.323. The lowest BCUT2D eigenvalue weighted by atomic mass is 10.1. The standard InChI is InChI=1S/C12H17NO3/c1-7(2)6-13-8(3)5-10(15)11(9(4)14)12(13)16/h5,7,15H,6H2,1-4H3. The molecule has 1 N–H and O–H groups in total. The Morgan fingerprint density at radius 1 is 1.50 bits per heavy atom. The fourth-order valence-electron chi connectivity index (χ4n) is 1.68. The summed E-state index contributed by atoms with van der Waals surface area (Å²) in [6, 6.07) is 1.46. The molecule has 0 amide bonds. The van der Waals surface area contributed by atoms with Crippen molar-refractivity contribution in [3.05, 3.63) is 27.7 Å². The average molecular weight is 223 g/mol. The zero-order valence-corrected chi connectivity index (χ0v) is 10.1. The third-order valence-corrected chi connectivity index (χ3v) is 2.39. The number of pyridine rings is 1. The van der Waals surface area contributed by atoms with E-state index < -0.39 is 11.3 Å². The number of ketones is 1. The molecule has 4 nitrogen and oxygen atoms in total. The van der Waals surface area contributed by atoms with Crippen LogP contribution in [0.4, 0.5) is 0 Å². The van der Waals surface area contributed by atoms with Gasteiger partial charge < -0.3 is 9.67 Å². The van der Waals surface area contributed by atoms with E-state index in [2.05, 4.69) is 0 Å². The van der Waals surface area contributed by atoms with Crippen LogP contribution in [-0.2, 0) is 6.54 Å². The maximum absolute atomic E-state index is 12.0. The van der Waals surface area contributed by atoms with E-state index in [1.165, 1.54) is 17.6 Å². The Balaban J connectivity index is 3.45. The van der Waals surface area contributed by atoms with Gasteiger partial charge in [-0.15, -0.1) is 0 Å². The first-order chi connectivity index (χ1) is 7.34. The summed E-state index contributed by atoms with van der Waals surface area (Å²) in [5.41, 5.74) is 0.145. The molecule has 88 valence electrons. The number of hydrogen-bond donors (Lipinski definition) is 1. The molecule has 0 aliphatic heterocycles. The molecule has 1 aromatic heterocycles. The number of hydrogen-bond acceptors (Lipinski definition) is 3. The molecule has 1 heterocycles. The number of rotatable bonds is 3. The molecule has 0 saturated carbocycles. The van der Waals surface area contributed by atoms with Gasteiger partial charge in [0.15, 0.2) is 5.78 Å². The van der Waals surface area contributed by atoms with E-state index in [1.54, 1.807) is 6.92 Å². The number of aryl methyl sites for hydroxylation is 1. The van der Waals surface area contributed by atoms with Crippen LogP contribution in [0.1, 0.15) is 36.8 Å². The van der Waals surface area contributed by atoms with Crippen molar-refractivity contribution in [2.45, 2.75) is 34.2 Å². The van der Waals surface area contributed by atoms with Gasteiger partial charge in [-0.2, -0.15) is 0 Å². The number of aromatic hydroxyl groups is 1. The number of carbonyl (C=O) groups excluding carboxylic acids is 1. The van der Waals surface area contributed by atoms with Gasteiger partial charge in [0.1, 0.15) is 11.3 Å². The van der Waals surface area contributed by atoms with E-state index in [-0.39, 0.29) is 11.3 Å². The third kappa shape index (κ3) is 2.32. The largest absolute Gasteiger partial charge is 0.507 e. The molecule has 0 spiro atoms. The predicted molar refractivity (Wildman–Crippen MR) is 61.9 cm³/mol. The average Bonchev–Trinajstić information content (AvgIpc) is 2.10. The predicted octanol–water partition coefficient (Wildman–Crippen LogP) is 1.72. The van der Waals surface area contributed by atoms with Crippen molar-refractivity contribution in [2.24, 2.45) is 5.92 Å². The van der Waals surface area contributed by atoms with Crippen LogP contribution in [0.2, 0.25) is 0 Å². The van der Waals surface area contributed by atoms with Crippen molar-refractivity contribution in [1.29, 1.82) is 0 Å². The van der Waals surface area contributed by atoms with Crippen molar-refractivity contribution in [3.63, 3.8) is 0 Å². The van der Waals surface area contributed by atoms with Gasteiger partial charge in [-0.25, -0.2) is 0 Å². The Bertz CT molecular complexity index is 472. The second-order valence-corrected chi connectivity index (χ2v) is 4.41. The summed E-state index contributed by atoms with van der Waals surface area (Å²) < 4.78 is 1.53. The van der Waals surface area contributed by atoms with E-state index in [0.717, 1.165) is 0 Å². The van der Waals surface area contributed by atoms with E-state index in [1.807, 2.05) is 13.8 Å². The van der Waals surface area contributed by atoms with E-state index in [4.69, 9.17) is 0 Å². The van der Waals surface area contributed by atoms with Crippen LogP contribution in [0.3, 0.4) is 0 Å². The molecule has 0 unspecified atom stereocenters. The minimum atomic E-state index is -0.404. The Morgan fingerprint density at radius 3 is 2.50 bits per heavy atom. The molecular weight excluding hydrogens is 206 g/mol. The molecule has 4 heteroatoms. The summed E-state index contributed by atoms with van der Waals surface area (Å²) in [7, 11) is 0. The van der Waals surface area contributed by atoms with Crippen LogP contribution in [0, 0.1) is 12.8 Å². The van der Waals surface area contributed by atoms with Crippen LogP contribution in [0.15, 0.2) is 10.9 Å². The molecule has 0 radical (unpaired) electrons. The van der Waals surface area contributed by atoms with Crippen molar-refractivity contribution >= 4 is 5.78 Å². The normalized spacial score (nSPS) is 10.8. The van der Waals surface area contributed by atoms with Gasteiger partial charge in [0.05, 0.1) is 0 Å². The Hall–Kier alpha value is -1.58. The zero-order chi connectivity index (χ0) is 12.5. The highest BCUT2D eigenvalue weighted by molar-refractivity contribution is 5.96. The Kier molecular flexibility index (Phi) is 3.52. The highest BCUT2D eigenvalue weighted by Crippen LogP contribution is 2.15.